The minimum Gasteiger partial charge on any atom is -0.396 e. The van der Waals surface area contributed by atoms with Gasteiger partial charge in [-0.2, -0.15) is 0 Å². The van der Waals surface area contributed by atoms with Gasteiger partial charge in [0.25, 0.3) is 5.91 Å². The van der Waals surface area contributed by atoms with E-state index in [2.05, 4.69) is 13.8 Å². The Morgan fingerprint density at radius 1 is 1.25 bits per heavy atom. The third-order valence-electron chi connectivity index (χ3n) is 4.09. The van der Waals surface area contributed by atoms with Gasteiger partial charge in [-0.3, -0.25) is 4.79 Å². The monoisotopic (exact) mass is 282 g/mol. The van der Waals surface area contributed by atoms with E-state index in [1.54, 1.807) is 4.90 Å². The summed E-state index contributed by atoms with van der Waals surface area (Å²) in [7, 11) is 0. The van der Waals surface area contributed by atoms with Crippen molar-refractivity contribution in [3.63, 3.8) is 0 Å². The molecule has 0 aromatic heterocycles. The average Bonchev–Trinajstić information content (AvgIpc) is 2.42. The van der Waals surface area contributed by atoms with Crippen molar-refractivity contribution in [3.05, 3.63) is 29.3 Å². The minimum atomic E-state index is -0.854. The molecular formula is C15H20F2N2O. The zero-order chi connectivity index (χ0) is 14.9. The van der Waals surface area contributed by atoms with Gasteiger partial charge >= 0.3 is 0 Å². The summed E-state index contributed by atoms with van der Waals surface area (Å²) in [6, 6.07) is 1.75. The largest absolute Gasteiger partial charge is 0.396 e. The van der Waals surface area contributed by atoms with Crippen molar-refractivity contribution >= 4 is 11.6 Å². The molecule has 2 N–H and O–H groups in total. The second-order valence-electron chi connectivity index (χ2n) is 5.73. The molecule has 1 fully saturated rings. The number of nitrogens with zero attached hydrogens (tertiary/aromatic N) is 1. The zero-order valence-electron chi connectivity index (χ0n) is 11.8. The lowest BCUT2D eigenvalue weighted by Gasteiger charge is -2.34. The summed E-state index contributed by atoms with van der Waals surface area (Å²) >= 11 is 0. The number of benzene rings is 1. The van der Waals surface area contributed by atoms with Crippen LogP contribution < -0.4 is 5.73 Å². The van der Waals surface area contributed by atoms with Crippen LogP contribution in [0.1, 0.15) is 37.0 Å². The lowest BCUT2D eigenvalue weighted by Crippen LogP contribution is -2.39. The number of halogens is 2. The van der Waals surface area contributed by atoms with Gasteiger partial charge < -0.3 is 10.6 Å². The minimum absolute atomic E-state index is 0.146. The van der Waals surface area contributed by atoms with Gasteiger partial charge in [-0.15, -0.1) is 0 Å². The Hall–Kier alpha value is -1.65. The summed E-state index contributed by atoms with van der Waals surface area (Å²) in [5, 5.41) is 0. The second-order valence-corrected chi connectivity index (χ2v) is 5.73. The lowest BCUT2D eigenvalue weighted by molar-refractivity contribution is 0.0663. The third kappa shape index (κ3) is 2.92. The second kappa shape index (κ2) is 5.77. The lowest BCUT2D eigenvalue weighted by atomic mass is 9.86. The number of nitrogen functional groups attached to an aromatic ring is 1. The molecule has 1 aliphatic rings. The Labute approximate surface area is 117 Å². The van der Waals surface area contributed by atoms with Gasteiger partial charge in [0.05, 0.1) is 11.3 Å². The van der Waals surface area contributed by atoms with Crippen molar-refractivity contribution in [3.8, 4) is 0 Å². The number of nitrogens with two attached hydrogens (primary N) is 1. The first-order valence-electron chi connectivity index (χ1n) is 6.94. The highest BCUT2D eigenvalue weighted by molar-refractivity contribution is 5.95. The first-order chi connectivity index (χ1) is 9.40. The van der Waals surface area contributed by atoms with E-state index in [1.807, 2.05) is 0 Å². The zero-order valence-corrected chi connectivity index (χ0v) is 11.8. The Balaban J connectivity index is 2.11. The fraction of sp³-hybridized carbons (Fsp3) is 0.533. The highest BCUT2D eigenvalue weighted by Crippen LogP contribution is 2.26. The number of likely N-dealkylation sites (tertiary alicyclic amines) is 1. The highest BCUT2D eigenvalue weighted by atomic mass is 19.1. The number of hydrogen-bond donors (Lipinski definition) is 1. The standard InChI is InChI=1S/C15H20F2N2O/c1-9(2)10-3-5-19(6-4-10)15(20)11-7-14(18)13(17)8-12(11)16/h7-10H,3-6,18H2,1-2H3. The maximum absolute atomic E-state index is 13.7. The van der Waals surface area contributed by atoms with Gasteiger partial charge in [0.15, 0.2) is 0 Å². The third-order valence-corrected chi connectivity index (χ3v) is 4.09. The Morgan fingerprint density at radius 3 is 2.40 bits per heavy atom. The molecule has 2 rings (SSSR count). The van der Waals surface area contributed by atoms with Crippen LogP contribution in [0.15, 0.2) is 12.1 Å². The predicted octanol–water partition coefficient (Wildman–Crippen LogP) is 3.06. The maximum Gasteiger partial charge on any atom is 0.256 e. The van der Waals surface area contributed by atoms with E-state index in [0.717, 1.165) is 18.9 Å². The van der Waals surface area contributed by atoms with Gasteiger partial charge in [-0.25, -0.2) is 8.78 Å². The van der Waals surface area contributed by atoms with Crippen molar-refractivity contribution in [1.82, 2.24) is 4.90 Å². The van der Waals surface area contributed by atoms with Crippen molar-refractivity contribution in [2.75, 3.05) is 18.8 Å². The molecule has 1 amide bonds. The number of hydrogen-bond acceptors (Lipinski definition) is 2. The van der Waals surface area contributed by atoms with Crippen molar-refractivity contribution in [2.45, 2.75) is 26.7 Å². The molecule has 20 heavy (non-hydrogen) atoms. The van der Waals surface area contributed by atoms with E-state index >= 15 is 0 Å². The molecule has 1 heterocycles. The van der Waals surface area contributed by atoms with Crippen LogP contribution in [0.5, 0.6) is 0 Å². The molecule has 0 aliphatic carbocycles. The molecule has 1 aromatic carbocycles. The fourth-order valence-electron chi connectivity index (χ4n) is 2.67. The Morgan fingerprint density at radius 2 is 1.85 bits per heavy atom. The number of amides is 1. The quantitative estimate of drug-likeness (QED) is 0.847. The molecular weight excluding hydrogens is 262 g/mol. The summed E-state index contributed by atoms with van der Waals surface area (Å²) in [5.74, 6) is -0.908. The first kappa shape index (κ1) is 14.8. The summed E-state index contributed by atoms with van der Waals surface area (Å²) in [6.07, 6.45) is 1.84. The topological polar surface area (TPSA) is 46.3 Å². The van der Waals surface area contributed by atoms with E-state index in [0.29, 0.717) is 31.0 Å². The summed E-state index contributed by atoms with van der Waals surface area (Å²) in [5.41, 5.74) is 5.06. The number of carbonyl (C=O) groups is 1. The number of rotatable bonds is 2. The molecule has 5 heteroatoms. The van der Waals surface area contributed by atoms with Crippen LogP contribution >= 0.6 is 0 Å². The van der Waals surface area contributed by atoms with E-state index in [-0.39, 0.29) is 11.3 Å². The number of carbonyl (C=O) groups excluding carboxylic acids is 1. The Kier molecular flexibility index (Phi) is 4.26. The fourth-order valence-corrected chi connectivity index (χ4v) is 2.67. The van der Waals surface area contributed by atoms with Crippen LogP contribution in [0.3, 0.4) is 0 Å². The van der Waals surface area contributed by atoms with E-state index in [4.69, 9.17) is 5.73 Å². The van der Waals surface area contributed by atoms with Gasteiger partial charge in [-0.1, -0.05) is 13.8 Å². The number of piperidine rings is 1. The van der Waals surface area contributed by atoms with Crippen LogP contribution in [-0.4, -0.2) is 23.9 Å². The molecule has 0 unspecified atom stereocenters. The molecule has 3 nitrogen and oxygen atoms in total. The first-order valence-corrected chi connectivity index (χ1v) is 6.94. The maximum atomic E-state index is 13.7. The van der Waals surface area contributed by atoms with E-state index < -0.39 is 17.5 Å². The van der Waals surface area contributed by atoms with Gasteiger partial charge in [0.2, 0.25) is 0 Å². The van der Waals surface area contributed by atoms with Crippen LogP contribution in [-0.2, 0) is 0 Å². The smallest absolute Gasteiger partial charge is 0.256 e. The van der Waals surface area contributed by atoms with Gasteiger partial charge in [-0.05, 0) is 30.7 Å². The summed E-state index contributed by atoms with van der Waals surface area (Å²) in [6.45, 7) is 5.56. The summed E-state index contributed by atoms with van der Waals surface area (Å²) in [4.78, 5) is 13.9. The van der Waals surface area contributed by atoms with E-state index in [9.17, 15) is 13.6 Å². The molecule has 0 saturated carbocycles. The molecule has 1 aliphatic heterocycles. The predicted molar refractivity (Wildman–Crippen MR) is 74.2 cm³/mol. The van der Waals surface area contributed by atoms with Crippen molar-refractivity contribution < 1.29 is 13.6 Å². The highest BCUT2D eigenvalue weighted by Gasteiger charge is 2.27. The Bertz CT molecular complexity index is 509. The molecule has 1 aromatic rings. The average molecular weight is 282 g/mol. The van der Waals surface area contributed by atoms with Crippen molar-refractivity contribution in [1.29, 1.82) is 0 Å². The molecule has 0 radical (unpaired) electrons. The number of anilines is 1. The SMILES string of the molecule is CC(C)C1CCN(C(=O)c2cc(N)c(F)cc2F)CC1. The molecule has 1 saturated heterocycles. The van der Waals surface area contributed by atoms with Gasteiger partial charge in [0, 0.05) is 19.2 Å². The van der Waals surface area contributed by atoms with E-state index in [1.165, 1.54) is 0 Å². The van der Waals surface area contributed by atoms with Crippen LogP contribution in [0, 0.1) is 23.5 Å². The molecule has 0 bridgehead atoms. The van der Waals surface area contributed by atoms with Crippen molar-refractivity contribution in [2.24, 2.45) is 11.8 Å². The van der Waals surface area contributed by atoms with Crippen LogP contribution in [0.2, 0.25) is 0 Å². The molecule has 110 valence electrons. The molecule has 0 spiro atoms. The van der Waals surface area contributed by atoms with Gasteiger partial charge in [0.1, 0.15) is 11.6 Å². The summed E-state index contributed by atoms with van der Waals surface area (Å²) < 4.78 is 26.8. The molecule has 0 atom stereocenters. The van der Waals surface area contributed by atoms with Crippen LogP contribution in [0.25, 0.3) is 0 Å². The van der Waals surface area contributed by atoms with Crippen LogP contribution in [0.4, 0.5) is 14.5 Å². The normalized spacial score (nSPS) is 16.8.